The molecule has 3 rings (SSSR count). The molecule has 0 amide bonds. The van der Waals surface area contributed by atoms with Gasteiger partial charge >= 0.3 is 0 Å². The van der Waals surface area contributed by atoms with Crippen molar-refractivity contribution in [2.75, 3.05) is 0 Å². The van der Waals surface area contributed by atoms with Crippen LogP contribution in [0.1, 0.15) is 37.1 Å². The molecule has 1 aliphatic carbocycles. The molecule has 0 spiro atoms. The van der Waals surface area contributed by atoms with E-state index >= 15 is 0 Å². The van der Waals surface area contributed by atoms with Gasteiger partial charge in [-0.1, -0.05) is 23.9 Å². The van der Waals surface area contributed by atoms with E-state index in [0.717, 1.165) is 28.8 Å². The van der Waals surface area contributed by atoms with E-state index in [1.807, 2.05) is 6.07 Å². The van der Waals surface area contributed by atoms with E-state index in [1.165, 1.54) is 18.9 Å². The summed E-state index contributed by atoms with van der Waals surface area (Å²) in [5.41, 5.74) is 0.976. The predicted molar refractivity (Wildman–Crippen MR) is 73.6 cm³/mol. The highest BCUT2D eigenvalue weighted by molar-refractivity contribution is 7.98. The van der Waals surface area contributed by atoms with Gasteiger partial charge in [0.15, 0.2) is 5.16 Å². The standard InChI is InChI=1S/C14H16FN3S/c1-2-18-13(11-6-7-11)16-17-14(18)19-9-10-4-3-5-12(15)8-10/h3-5,8,11H,2,6-7,9H2,1H3. The van der Waals surface area contributed by atoms with Crippen molar-refractivity contribution in [1.29, 1.82) is 0 Å². The highest BCUT2D eigenvalue weighted by Gasteiger charge is 2.29. The van der Waals surface area contributed by atoms with Crippen LogP contribution in [0.3, 0.4) is 0 Å². The Balaban J connectivity index is 1.73. The Morgan fingerprint density at radius 3 is 2.89 bits per heavy atom. The van der Waals surface area contributed by atoms with Gasteiger partial charge in [0.25, 0.3) is 0 Å². The van der Waals surface area contributed by atoms with Crippen LogP contribution in [0.25, 0.3) is 0 Å². The molecule has 1 aromatic carbocycles. The van der Waals surface area contributed by atoms with Crippen LogP contribution in [0.5, 0.6) is 0 Å². The first kappa shape index (κ1) is 12.7. The first-order valence-electron chi connectivity index (χ1n) is 6.58. The van der Waals surface area contributed by atoms with Gasteiger partial charge in [0.1, 0.15) is 11.6 Å². The predicted octanol–water partition coefficient (Wildman–Crippen LogP) is 3.61. The average molecular weight is 277 g/mol. The van der Waals surface area contributed by atoms with E-state index in [-0.39, 0.29) is 5.82 Å². The van der Waals surface area contributed by atoms with Crippen molar-refractivity contribution in [3.05, 3.63) is 41.5 Å². The fourth-order valence-electron chi connectivity index (χ4n) is 2.12. The molecule has 0 aliphatic heterocycles. The van der Waals surface area contributed by atoms with Gasteiger partial charge in [0.2, 0.25) is 0 Å². The Bertz CT molecular complexity index is 578. The molecule has 1 heterocycles. The highest BCUT2D eigenvalue weighted by Crippen LogP contribution is 2.40. The third-order valence-electron chi connectivity index (χ3n) is 3.26. The van der Waals surface area contributed by atoms with Crippen LogP contribution >= 0.6 is 11.8 Å². The zero-order valence-electron chi connectivity index (χ0n) is 10.8. The molecule has 0 unspecified atom stereocenters. The van der Waals surface area contributed by atoms with Crippen LogP contribution in [0, 0.1) is 5.82 Å². The first-order valence-corrected chi connectivity index (χ1v) is 7.57. The van der Waals surface area contributed by atoms with Gasteiger partial charge < -0.3 is 4.57 Å². The van der Waals surface area contributed by atoms with E-state index in [9.17, 15) is 4.39 Å². The van der Waals surface area contributed by atoms with Crippen molar-refractivity contribution in [2.24, 2.45) is 0 Å². The molecular weight excluding hydrogens is 261 g/mol. The van der Waals surface area contributed by atoms with Crippen LogP contribution in [-0.4, -0.2) is 14.8 Å². The van der Waals surface area contributed by atoms with Gasteiger partial charge in [-0.3, -0.25) is 0 Å². The average Bonchev–Trinajstić information content (AvgIpc) is 3.17. The Morgan fingerprint density at radius 1 is 1.37 bits per heavy atom. The second kappa shape index (κ2) is 5.33. The first-order chi connectivity index (χ1) is 9.28. The van der Waals surface area contributed by atoms with E-state index in [2.05, 4.69) is 21.7 Å². The van der Waals surface area contributed by atoms with E-state index in [0.29, 0.717) is 5.92 Å². The fraction of sp³-hybridized carbons (Fsp3) is 0.429. The van der Waals surface area contributed by atoms with Gasteiger partial charge in [0.05, 0.1) is 0 Å². The lowest BCUT2D eigenvalue weighted by Crippen LogP contribution is -2.01. The minimum atomic E-state index is -0.186. The van der Waals surface area contributed by atoms with Crippen molar-refractivity contribution in [2.45, 2.75) is 43.1 Å². The summed E-state index contributed by atoms with van der Waals surface area (Å²) in [6.07, 6.45) is 2.46. The second-order valence-corrected chi connectivity index (χ2v) is 5.72. The summed E-state index contributed by atoms with van der Waals surface area (Å²) in [5, 5.41) is 9.50. The molecule has 100 valence electrons. The molecule has 0 radical (unpaired) electrons. The summed E-state index contributed by atoms with van der Waals surface area (Å²) in [6, 6.07) is 6.71. The van der Waals surface area contributed by atoms with Gasteiger partial charge in [-0.05, 0) is 37.5 Å². The Labute approximate surface area is 116 Å². The molecule has 0 saturated heterocycles. The smallest absolute Gasteiger partial charge is 0.191 e. The minimum absolute atomic E-state index is 0.186. The fourth-order valence-corrected chi connectivity index (χ4v) is 3.07. The van der Waals surface area contributed by atoms with Crippen LogP contribution in [-0.2, 0) is 12.3 Å². The van der Waals surface area contributed by atoms with Crippen LogP contribution < -0.4 is 0 Å². The number of benzene rings is 1. The van der Waals surface area contributed by atoms with E-state index in [1.54, 1.807) is 23.9 Å². The SMILES string of the molecule is CCn1c(SCc2cccc(F)c2)nnc1C1CC1. The summed E-state index contributed by atoms with van der Waals surface area (Å²) < 4.78 is 15.3. The maximum atomic E-state index is 13.1. The number of nitrogens with zero attached hydrogens (tertiary/aromatic N) is 3. The number of halogens is 1. The number of thioether (sulfide) groups is 1. The monoisotopic (exact) mass is 277 g/mol. The van der Waals surface area contributed by atoms with Crippen molar-refractivity contribution in [3.8, 4) is 0 Å². The van der Waals surface area contributed by atoms with Crippen LogP contribution in [0.2, 0.25) is 0 Å². The quantitative estimate of drug-likeness (QED) is 0.782. The van der Waals surface area contributed by atoms with Crippen LogP contribution in [0.15, 0.2) is 29.4 Å². The lowest BCUT2D eigenvalue weighted by Gasteiger charge is -2.06. The Hall–Kier alpha value is -1.36. The molecule has 3 nitrogen and oxygen atoms in total. The third-order valence-corrected chi connectivity index (χ3v) is 4.30. The molecule has 5 heteroatoms. The van der Waals surface area contributed by atoms with Crippen molar-refractivity contribution >= 4 is 11.8 Å². The summed E-state index contributed by atoms with van der Waals surface area (Å²) in [6.45, 7) is 3.01. The maximum Gasteiger partial charge on any atom is 0.191 e. The molecule has 0 atom stereocenters. The number of rotatable bonds is 5. The summed E-state index contributed by atoms with van der Waals surface area (Å²) in [7, 11) is 0. The topological polar surface area (TPSA) is 30.7 Å². The second-order valence-electron chi connectivity index (χ2n) is 4.78. The molecule has 1 saturated carbocycles. The maximum absolute atomic E-state index is 13.1. The molecule has 1 aliphatic rings. The van der Waals surface area contributed by atoms with Gasteiger partial charge in [-0.25, -0.2) is 4.39 Å². The largest absolute Gasteiger partial charge is 0.306 e. The van der Waals surface area contributed by atoms with Crippen molar-refractivity contribution < 1.29 is 4.39 Å². The van der Waals surface area contributed by atoms with E-state index in [4.69, 9.17) is 0 Å². The number of hydrogen-bond donors (Lipinski definition) is 0. The van der Waals surface area contributed by atoms with Crippen LogP contribution in [0.4, 0.5) is 4.39 Å². The van der Waals surface area contributed by atoms with Crippen molar-refractivity contribution in [1.82, 2.24) is 14.8 Å². The summed E-state index contributed by atoms with van der Waals surface area (Å²) in [5.74, 6) is 2.26. The third kappa shape index (κ3) is 2.81. The van der Waals surface area contributed by atoms with Gasteiger partial charge in [-0.15, -0.1) is 10.2 Å². The summed E-state index contributed by atoms with van der Waals surface area (Å²) >= 11 is 1.62. The molecule has 1 aromatic heterocycles. The lowest BCUT2D eigenvalue weighted by atomic mass is 10.2. The molecule has 0 bridgehead atoms. The van der Waals surface area contributed by atoms with Crippen molar-refractivity contribution in [3.63, 3.8) is 0 Å². The number of hydrogen-bond acceptors (Lipinski definition) is 3. The highest BCUT2D eigenvalue weighted by atomic mass is 32.2. The zero-order valence-corrected chi connectivity index (χ0v) is 11.7. The molecule has 0 N–H and O–H groups in total. The van der Waals surface area contributed by atoms with E-state index < -0.39 is 0 Å². The Kier molecular flexibility index (Phi) is 3.55. The van der Waals surface area contributed by atoms with Gasteiger partial charge in [0, 0.05) is 18.2 Å². The molecule has 2 aromatic rings. The lowest BCUT2D eigenvalue weighted by molar-refractivity contribution is 0.626. The number of aromatic nitrogens is 3. The molecule has 19 heavy (non-hydrogen) atoms. The Morgan fingerprint density at radius 2 is 2.21 bits per heavy atom. The van der Waals surface area contributed by atoms with Gasteiger partial charge in [-0.2, -0.15) is 0 Å². The molecular formula is C14H16FN3S. The zero-order chi connectivity index (χ0) is 13.2. The summed E-state index contributed by atoms with van der Waals surface area (Å²) in [4.78, 5) is 0. The normalized spacial score (nSPS) is 14.8. The minimum Gasteiger partial charge on any atom is -0.306 e. The molecule has 1 fully saturated rings.